The summed E-state index contributed by atoms with van der Waals surface area (Å²) in [7, 11) is 0. The smallest absolute Gasteiger partial charge is 0.249 e. The van der Waals surface area contributed by atoms with E-state index in [2.05, 4.69) is 5.32 Å². The second kappa shape index (κ2) is 6.55. The van der Waals surface area contributed by atoms with Gasteiger partial charge in [0.05, 0.1) is 6.61 Å². The molecule has 1 amide bonds. The highest BCUT2D eigenvalue weighted by atomic mass is 16.5. The van der Waals surface area contributed by atoms with Crippen LogP contribution in [0, 0.1) is 11.8 Å². The van der Waals surface area contributed by atoms with Crippen LogP contribution < -0.4 is 5.32 Å². The molecule has 0 aromatic rings. The van der Waals surface area contributed by atoms with Crippen molar-refractivity contribution in [2.75, 3.05) is 6.61 Å². The highest BCUT2D eigenvalue weighted by Gasteiger charge is 2.27. The first-order valence-corrected chi connectivity index (χ1v) is 7.23. The molecule has 3 nitrogen and oxygen atoms in total. The van der Waals surface area contributed by atoms with E-state index in [1.54, 1.807) is 0 Å². The molecule has 1 fully saturated rings. The van der Waals surface area contributed by atoms with Crippen molar-refractivity contribution in [3.8, 4) is 0 Å². The Hall–Kier alpha value is -0.570. The molecule has 3 heteroatoms. The summed E-state index contributed by atoms with van der Waals surface area (Å²) in [5, 5.41) is 3.01. The number of hydrogen-bond acceptors (Lipinski definition) is 2. The van der Waals surface area contributed by atoms with Gasteiger partial charge in [-0.3, -0.25) is 4.79 Å². The maximum Gasteiger partial charge on any atom is 0.249 e. The molecule has 0 aliphatic heterocycles. The van der Waals surface area contributed by atoms with Crippen molar-refractivity contribution in [2.45, 2.75) is 71.9 Å². The normalized spacial score (nSPS) is 19.2. The number of carbonyl (C=O) groups is 1. The number of nitrogens with one attached hydrogen (secondary N) is 1. The zero-order valence-corrected chi connectivity index (χ0v) is 12.6. The fraction of sp³-hybridized carbons (Fsp3) is 0.933. The van der Waals surface area contributed by atoms with Gasteiger partial charge in [0.15, 0.2) is 0 Å². The molecule has 1 N–H and O–H groups in total. The topological polar surface area (TPSA) is 38.3 Å². The van der Waals surface area contributed by atoms with Crippen LogP contribution in [0.15, 0.2) is 0 Å². The molecule has 1 atom stereocenters. The van der Waals surface area contributed by atoms with Crippen LogP contribution in [0.3, 0.4) is 0 Å². The molecule has 1 unspecified atom stereocenters. The average molecular weight is 255 g/mol. The first-order valence-electron chi connectivity index (χ1n) is 7.23. The van der Waals surface area contributed by atoms with Gasteiger partial charge in [0.25, 0.3) is 0 Å². The van der Waals surface area contributed by atoms with Crippen LogP contribution in [0.5, 0.6) is 0 Å². The standard InChI is InChI=1S/C15H29NO2/c1-11(2)13(14(17)16-15(3,4)5)18-10-12-8-6-7-9-12/h11-13H,6-10H2,1-5H3,(H,16,17). The Morgan fingerprint density at radius 1 is 1.28 bits per heavy atom. The molecule has 18 heavy (non-hydrogen) atoms. The Labute approximate surface area is 112 Å². The zero-order chi connectivity index (χ0) is 13.8. The van der Waals surface area contributed by atoms with Crippen molar-refractivity contribution in [3.05, 3.63) is 0 Å². The van der Waals surface area contributed by atoms with Gasteiger partial charge in [-0.25, -0.2) is 0 Å². The molecule has 0 spiro atoms. The lowest BCUT2D eigenvalue weighted by atomic mass is 10.0. The van der Waals surface area contributed by atoms with Crippen LogP contribution in [-0.4, -0.2) is 24.2 Å². The second-order valence-electron chi connectivity index (χ2n) is 6.89. The summed E-state index contributed by atoms with van der Waals surface area (Å²) in [6.45, 7) is 10.8. The van der Waals surface area contributed by atoms with E-state index >= 15 is 0 Å². The first kappa shape index (κ1) is 15.5. The van der Waals surface area contributed by atoms with Crippen molar-refractivity contribution in [1.29, 1.82) is 0 Å². The predicted octanol–water partition coefficient (Wildman–Crippen LogP) is 3.13. The third kappa shape index (κ3) is 5.38. The van der Waals surface area contributed by atoms with E-state index in [1.807, 2.05) is 34.6 Å². The quantitative estimate of drug-likeness (QED) is 0.819. The second-order valence-corrected chi connectivity index (χ2v) is 6.89. The van der Waals surface area contributed by atoms with Gasteiger partial charge in [-0.15, -0.1) is 0 Å². The molecule has 1 aliphatic carbocycles. The van der Waals surface area contributed by atoms with Crippen LogP contribution in [0.25, 0.3) is 0 Å². The highest BCUT2D eigenvalue weighted by molar-refractivity contribution is 5.81. The minimum atomic E-state index is -0.315. The minimum absolute atomic E-state index is 0.0236. The van der Waals surface area contributed by atoms with E-state index in [9.17, 15) is 4.79 Å². The molecule has 1 aliphatic rings. The molecule has 0 aromatic heterocycles. The number of hydrogen-bond donors (Lipinski definition) is 1. The maximum absolute atomic E-state index is 12.2. The van der Waals surface area contributed by atoms with Crippen molar-refractivity contribution < 1.29 is 9.53 Å². The van der Waals surface area contributed by atoms with Crippen molar-refractivity contribution in [2.24, 2.45) is 11.8 Å². The number of carbonyl (C=O) groups excluding carboxylic acids is 1. The summed E-state index contributed by atoms with van der Waals surface area (Å²) in [5.74, 6) is 0.901. The molecule has 1 saturated carbocycles. The van der Waals surface area contributed by atoms with E-state index in [0.717, 1.165) is 6.61 Å². The molecule has 106 valence electrons. The van der Waals surface area contributed by atoms with E-state index < -0.39 is 0 Å². The maximum atomic E-state index is 12.2. The highest BCUT2D eigenvalue weighted by Crippen LogP contribution is 2.25. The van der Waals surface area contributed by atoms with E-state index in [1.165, 1.54) is 25.7 Å². The van der Waals surface area contributed by atoms with E-state index in [4.69, 9.17) is 4.74 Å². The Morgan fingerprint density at radius 2 is 1.83 bits per heavy atom. The van der Waals surface area contributed by atoms with Crippen LogP contribution >= 0.6 is 0 Å². The van der Waals surface area contributed by atoms with Crippen LogP contribution in [0.2, 0.25) is 0 Å². The summed E-state index contributed by atoms with van der Waals surface area (Å²) in [5.41, 5.74) is -0.194. The first-order chi connectivity index (χ1) is 8.29. The largest absolute Gasteiger partial charge is 0.368 e. The summed E-state index contributed by atoms with van der Waals surface area (Å²) < 4.78 is 5.88. The molecule has 0 bridgehead atoms. The zero-order valence-electron chi connectivity index (χ0n) is 12.6. The molecule has 0 radical (unpaired) electrons. The average Bonchev–Trinajstić information content (AvgIpc) is 2.67. The van der Waals surface area contributed by atoms with E-state index in [-0.39, 0.29) is 23.5 Å². The van der Waals surface area contributed by atoms with Gasteiger partial charge in [0, 0.05) is 5.54 Å². The summed E-state index contributed by atoms with van der Waals surface area (Å²) in [6, 6.07) is 0. The summed E-state index contributed by atoms with van der Waals surface area (Å²) in [4.78, 5) is 12.2. The Bertz CT molecular complexity index is 262. The molecular formula is C15H29NO2. The summed E-state index contributed by atoms with van der Waals surface area (Å²) >= 11 is 0. The summed E-state index contributed by atoms with van der Waals surface area (Å²) in [6.07, 6.45) is 4.82. The predicted molar refractivity (Wildman–Crippen MR) is 74.4 cm³/mol. The fourth-order valence-electron chi connectivity index (χ4n) is 2.43. The SMILES string of the molecule is CC(C)C(OCC1CCCC1)C(=O)NC(C)(C)C. The minimum Gasteiger partial charge on any atom is -0.368 e. The Morgan fingerprint density at radius 3 is 2.28 bits per heavy atom. The molecule has 1 rings (SSSR count). The molecule has 0 aromatic carbocycles. The van der Waals surface area contributed by atoms with Gasteiger partial charge >= 0.3 is 0 Å². The Kier molecular flexibility index (Phi) is 5.64. The third-order valence-electron chi connectivity index (χ3n) is 3.35. The lowest BCUT2D eigenvalue weighted by Gasteiger charge is -2.27. The molecule has 0 heterocycles. The van der Waals surface area contributed by atoms with Crippen LogP contribution in [0.1, 0.15) is 60.3 Å². The lowest BCUT2D eigenvalue weighted by Crippen LogP contribution is -2.48. The van der Waals surface area contributed by atoms with Gasteiger partial charge in [0.1, 0.15) is 6.10 Å². The third-order valence-corrected chi connectivity index (χ3v) is 3.35. The molecule has 0 saturated heterocycles. The van der Waals surface area contributed by atoms with Gasteiger partial charge in [-0.05, 0) is 45.4 Å². The monoisotopic (exact) mass is 255 g/mol. The van der Waals surface area contributed by atoms with Crippen molar-refractivity contribution in [3.63, 3.8) is 0 Å². The van der Waals surface area contributed by atoms with Crippen LogP contribution in [0.4, 0.5) is 0 Å². The lowest BCUT2D eigenvalue weighted by molar-refractivity contribution is -0.138. The number of amides is 1. The van der Waals surface area contributed by atoms with Gasteiger partial charge in [-0.1, -0.05) is 26.7 Å². The van der Waals surface area contributed by atoms with Gasteiger partial charge in [0.2, 0.25) is 5.91 Å². The fourth-order valence-corrected chi connectivity index (χ4v) is 2.43. The van der Waals surface area contributed by atoms with Gasteiger partial charge in [-0.2, -0.15) is 0 Å². The number of rotatable bonds is 5. The van der Waals surface area contributed by atoms with Crippen molar-refractivity contribution in [1.82, 2.24) is 5.32 Å². The van der Waals surface area contributed by atoms with Crippen molar-refractivity contribution >= 4 is 5.91 Å². The molecular weight excluding hydrogens is 226 g/mol. The van der Waals surface area contributed by atoms with Gasteiger partial charge < -0.3 is 10.1 Å². The number of ether oxygens (including phenoxy) is 1. The van der Waals surface area contributed by atoms with Crippen LogP contribution in [-0.2, 0) is 9.53 Å². The van der Waals surface area contributed by atoms with E-state index in [0.29, 0.717) is 5.92 Å². The Balaban J connectivity index is 2.45.